The Kier molecular flexibility index (Phi) is 6.50. The monoisotopic (exact) mass is 492 g/mol. The van der Waals surface area contributed by atoms with Crippen LogP contribution in [0.15, 0.2) is 12.3 Å². The molecule has 0 aromatic carbocycles. The van der Waals surface area contributed by atoms with Gasteiger partial charge in [0.1, 0.15) is 6.10 Å². The van der Waals surface area contributed by atoms with E-state index < -0.39 is 0 Å². The smallest absolute Gasteiger partial charge is 0.240 e. The van der Waals surface area contributed by atoms with Gasteiger partial charge in [0.2, 0.25) is 11.8 Å². The fraction of sp³-hybridized carbons (Fsp3) is 0.440. The molecule has 0 fully saturated rings. The Hall–Kier alpha value is -3.70. The van der Waals surface area contributed by atoms with Crippen LogP contribution in [-0.2, 0) is 20.1 Å². The SMILES string of the molecule is CCOc1nn(CCO)c2c1/C=C/c1n[nH]c3cnc(cc13)-c1c(C)nn(C)c1O[C@H](C)CN(C)C2. The van der Waals surface area contributed by atoms with Crippen LogP contribution in [0.25, 0.3) is 34.3 Å². The van der Waals surface area contributed by atoms with Gasteiger partial charge < -0.3 is 14.6 Å². The first-order valence-electron chi connectivity index (χ1n) is 12.1. The maximum absolute atomic E-state index is 9.67. The van der Waals surface area contributed by atoms with Crippen molar-refractivity contribution in [3.8, 4) is 23.0 Å². The molecule has 0 saturated heterocycles. The number of fused-ring (bicyclic) bond motifs is 4. The zero-order valence-electron chi connectivity index (χ0n) is 21.3. The predicted octanol–water partition coefficient (Wildman–Crippen LogP) is 2.64. The number of nitrogens with zero attached hydrogens (tertiary/aromatic N) is 7. The summed E-state index contributed by atoms with van der Waals surface area (Å²) in [5, 5.41) is 27.5. The third-order valence-electron chi connectivity index (χ3n) is 6.27. The quantitative estimate of drug-likeness (QED) is 0.446. The Morgan fingerprint density at radius 1 is 1.25 bits per heavy atom. The first kappa shape index (κ1) is 24.0. The molecule has 0 spiro atoms. The summed E-state index contributed by atoms with van der Waals surface area (Å²) in [7, 11) is 3.93. The van der Waals surface area contributed by atoms with Crippen LogP contribution >= 0.6 is 0 Å². The number of aromatic nitrogens is 7. The van der Waals surface area contributed by atoms with E-state index in [0.717, 1.165) is 44.8 Å². The number of aliphatic hydroxyl groups excluding tert-OH is 1. The van der Waals surface area contributed by atoms with E-state index in [1.807, 2.05) is 57.8 Å². The van der Waals surface area contributed by atoms with Crippen molar-refractivity contribution in [1.29, 1.82) is 0 Å². The molecule has 0 aliphatic carbocycles. The number of aromatic amines is 1. The molecule has 5 heterocycles. The van der Waals surface area contributed by atoms with Crippen molar-refractivity contribution in [2.24, 2.45) is 7.05 Å². The van der Waals surface area contributed by atoms with Crippen molar-refractivity contribution in [3.63, 3.8) is 0 Å². The number of hydrogen-bond donors (Lipinski definition) is 2. The molecule has 2 N–H and O–H groups in total. The number of aliphatic hydroxyl groups is 1. The normalized spacial score (nSPS) is 17.3. The molecule has 1 aliphatic heterocycles. The van der Waals surface area contributed by atoms with Crippen molar-refractivity contribution in [1.82, 2.24) is 39.6 Å². The minimum atomic E-state index is -0.124. The molecule has 0 unspecified atom stereocenters. The van der Waals surface area contributed by atoms with Gasteiger partial charge in [-0.2, -0.15) is 10.2 Å². The second-order valence-electron chi connectivity index (χ2n) is 9.12. The van der Waals surface area contributed by atoms with Crippen LogP contribution in [0.4, 0.5) is 0 Å². The van der Waals surface area contributed by atoms with Crippen LogP contribution in [0.1, 0.15) is 36.5 Å². The van der Waals surface area contributed by atoms with Crippen LogP contribution in [-0.4, -0.2) is 77.7 Å². The summed E-state index contributed by atoms with van der Waals surface area (Å²) in [5.41, 5.74) is 5.93. The van der Waals surface area contributed by atoms with E-state index in [9.17, 15) is 5.11 Å². The summed E-state index contributed by atoms with van der Waals surface area (Å²) >= 11 is 0. The Morgan fingerprint density at radius 2 is 2.08 bits per heavy atom. The number of rotatable bonds is 4. The molecule has 190 valence electrons. The molecule has 4 aromatic heterocycles. The number of nitrogens with one attached hydrogen (secondary N) is 1. The molecule has 0 saturated carbocycles. The van der Waals surface area contributed by atoms with E-state index in [1.54, 1.807) is 10.9 Å². The third kappa shape index (κ3) is 4.35. The van der Waals surface area contributed by atoms with Crippen LogP contribution in [0.3, 0.4) is 0 Å². The largest absolute Gasteiger partial charge is 0.476 e. The van der Waals surface area contributed by atoms with Crippen molar-refractivity contribution >= 4 is 23.1 Å². The summed E-state index contributed by atoms with van der Waals surface area (Å²) in [5.74, 6) is 1.22. The number of likely N-dealkylation sites (N-methyl/N-ethyl adjacent to an activating group) is 1. The number of pyridine rings is 1. The van der Waals surface area contributed by atoms with Gasteiger partial charge in [0.05, 0.1) is 65.4 Å². The molecular formula is C25H32N8O3. The molecule has 36 heavy (non-hydrogen) atoms. The van der Waals surface area contributed by atoms with Crippen LogP contribution in [0.5, 0.6) is 11.8 Å². The van der Waals surface area contributed by atoms with E-state index in [1.165, 1.54) is 0 Å². The molecule has 11 nitrogen and oxygen atoms in total. The number of ether oxygens (including phenoxy) is 2. The fourth-order valence-electron chi connectivity index (χ4n) is 4.76. The lowest BCUT2D eigenvalue weighted by molar-refractivity contribution is 0.146. The highest BCUT2D eigenvalue weighted by atomic mass is 16.5. The molecule has 4 aromatic rings. The molecule has 11 heteroatoms. The maximum atomic E-state index is 9.67. The standard InChI is InChI=1S/C25H32N8O3/c1-6-35-24-17-7-8-19-18-11-20(26-12-21(18)28-27-19)23-16(3)29-32(5)25(23)36-15(2)13-31(4)14-22(17)33(30-24)9-10-34/h7-8,11-12,15,34H,6,9-10,13-14H2,1-5H3,(H,27,28)/b8-7+/t15-/m1/s1. The summed E-state index contributed by atoms with van der Waals surface area (Å²) < 4.78 is 15.9. The van der Waals surface area contributed by atoms with E-state index in [0.29, 0.717) is 38.0 Å². The highest BCUT2D eigenvalue weighted by Crippen LogP contribution is 2.35. The van der Waals surface area contributed by atoms with Gasteiger partial charge in [-0.3, -0.25) is 19.7 Å². The number of hydrogen-bond acceptors (Lipinski definition) is 8. The Balaban J connectivity index is 1.70. The number of aryl methyl sites for hydroxylation is 2. The van der Waals surface area contributed by atoms with Gasteiger partial charge in [0, 0.05) is 25.5 Å². The number of H-pyrrole nitrogens is 1. The topological polar surface area (TPSA) is 119 Å². The van der Waals surface area contributed by atoms with Crippen LogP contribution < -0.4 is 9.47 Å². The van der Waals surface area contributed by atoms with Gasteiger partial charge in [-0.1, -0.05) is 0 Å². The van der Waals surface area contributed by atoms with E-state index in [4.69, 9.17) is 9.47 Å². The van der Waals surface area contributed by atoms with E-state index in [-0.39, 0.29) is 12.7 Å². The minimum Gasteiger partial charge on any atom is -0.476 e. The molecule has 2 bridgehead atoms. The molecule has 1 atom stereocenters. The highest BCUT2D eigenvalue weighted by Gasteiger charge is 2.24. The summed E-state index contributed by atoms with van der Waals surface area (Å²) in [6, 6.07) is 2.02. The highest BCUT2D eigenvalue weighted by molar-refractivity contribution is 5.92. The first-order chi connectivity index (χ1) is 17.4. The van der Waals surface area contributed by atoms with Crippen LogP contribution in [0.2, 0.25) is 0 Å². The molecule has 0 radical (unpaired) electrons. The van der Waals surface area contributed by atoms with Crippen LogP contribution in [0, 0.1) is 6.92 Å². The minimum absolute atomic E-state index is 0.0188. The lowest BCUT2D eigenvalue weighted by Gasteiger charge is -2.23. The molecule has 1 aliphatic rings. The lowest BCUT2D eigenvalue weighted by atomic mass is 10.1. The van der Waals surface area contributed by atoms with Gasteiger partial charge in [0.25, 0.3) is 0 Å². The average Bonchev–Trinajstić information content (AvgIpc) is 3.46. The summed E-state index contributed by atoms with van der Waals surface area (Å²) in [6.45, 7) is 8.05. The van der Waals surface area contributed by atoms with Gasteiger partial charge >= 0.3 is 0 Å². The van der Waals surface area contributed by atoms with Gasteiger partial charge in [-0.25, -0.2) is 4.68 Å². The van der Waals surface area contributed by atoms with Gasteiger partial charge in [0.15, 0.2) is 0 Å². The van der Waals surface area contributed by atoms with E-state index >= 15 is 0 Å². The Bertz CT molecular complexity index is 1420. The van der Waals surface area contributed by atoms with Crippen molar-refractivity contribution < 1.29 is 14.6 Å². The molecule has 5 rings (SSSR count). The molecule has 0 amide bonds. The lowest BCUT2D eigenvalue weighted by Crippen LogP contribution is -2.32. The maximum Gasteiger partial charge on any atom is 0.240 e. The summed E-state index contributed by atoms with van der Waals surface area (Å²) in [6.07, 6.45) is 5.62. The predicted molar refractivity (Wildman–Crippen MR) is 137 cm³/mol. The Morgan fingerprint density at radius 3 is 2.86 bits per heavy atom. The zero-order valence-corrected chi connectivity index (χ0v) is 21.3. The summed E-state index contributed by atoms with van der Waals surface area (Å²) in [4.78, 5) is 6.87. The van der Waals surface area contributed by atoms with Crippen molar-refractivity contribution in [2.45, 2.75) is 40.0 Å². The average molecular weight is 493 g/mol. The fourth-order valence-corrected chi connectivity index (χ4v) is 4.76. The first-order valence-corrected chi connectivity index (χ1v) is 12.1. The van der Waals surface area contributed by atoms with Crippen molar-refractivity contribution in [3.05, 3.63) is 34.9 Å². The second-order valence-corrected chi connectivity index (χ2v) is 9.12. The molecular weight excluding hydrogens is 460 g/mol. The van der Waals surface area contributed by atoms with Gasteiger partial charge in [-0.15, -0.1) is 5.10 Å². The Labute approximate surface area is 209 Å². The van der Waals surface area contributed by atoms with Crippen molar-refractivity contribution in [2.75, 3.05) is 26.8 Å². The zero-order chi connectivity index (χ0) is 25.4. The third-order valence-corrected chi connectivity index (χ3v) is 6.27. The second kappa shape index (κ2) is 9.75. The van der Waals surface area contributed by atoms with E-state index in [2.05, 4.69) is 30.3 Å². The van der Waals surface area contributed by atoms with Gasteiger partial charge in [-0.05, 0) is 46.0 Å².